The maximum Gasteiger partial charge on any atom is 0.200 e. The normalized spacial score (nSPS) is 15.7. The van der Waals surface area contributed by atoms with Crippen LogP contribution in [-0.4, -0.2) is 10.7 Å². The molecule has 0 radical (unpaired) electrons. The number of hydrogen-bond acceptors (Lipinski definition) is 2. The first kappa shape index (κ1) is 33.5. The van der Waals surface area contributed by atoms with Gasteiger partial charge in [0.2, 0.25) is 5.82 Å². The van der Waals surface area contributed by atoms with Gasteiger partial charge in [0.15, 0.2) is 23.3 Å². The lowest BCUT2D eigenvalue weighted by molar-refractivity contribution is 0.286. The van der Waals surface area contributed by atoms with Gasteiger partial charge >= 0.3 is 0 Å². The molecule has 8 heteroatoms. The Hall–Kier alpha value is -5.65. The lowest BCUT2D eigenvalue weighted by Crippen LogP contribution is -2.36. The summed E-state index contributed by atoms with van der Waals surface area (Å²) in [5.74, 6) is -9.48. The van der Waals surface area contributed by atoms with Gasteiger partial charge < -0.3 is 4.90 Å². The zero-order chi connectivity index (χ0) is 35.8. The highest BCUT2D eigenvalue weighted by Crippen LogP contribution is 2.47. The molecule has 0 amide bonds. The van der Waals surface area contributed by atoms with Crippen LogP contribution in [0.2, 0.25) is 0 Å². The second-order valence-corrected chi connectivity index (χ2v) is 14.7. The number of fused-ring (bicyclic) bond motifs is 1. The molecule has 1 heterocycles. The summed E-state index contributed by atoms with van der Waals surface area (Å²) < 4.78 is 75.3. The van der Waals surface area contributed by atoms with Gasteiger partial charge in [-0.2, -0.15) is 0 Å². The van der Waals surface area contributed by atoms with E-state index >= 15 is 8.78 Å². The fourth-order valence-corrected chi connectivity index (χ4v) is 9.56. The topological polar surface area (TPSA) is 15.6 Å². The fourth-order valence-electron chi connectivity index (χ4n) is 7.10. The van der Waals surface area contributed by atoms with E-state index < -0.39 is 61.2 Å². The first-order valence-electron chi connectivity index (χ1n) is 16.8. The maximum absolute atomic E-state index is 15.7. The second-order valence-electron chi connectivity index (χ2n) is 12.5. The molecule has 52 heavy (non-hydrogen) atoms. The molecule has 256 valence electrons. The van der Waals surface area contributed by atoms with Crippen LogP contribution in [0.5, 0.6) is 0 Å². The number of amidine groups is 1. The number of rotatable bonds is 8. The molecule has 0 saturated heterocycles. The van der Waals surface area contributed by atoms with Crippen LogP contribution in [0.1, 0.15) is 34.3 Å². The SMILES string of the molecule is Fc1c(F)c(F)c(CN2C(c3c(P(c4ccccc4)c4ccccc4)ccc4ccccc34)=N[C@@H](c3ccccc3)[C@@H]2c2ccccc2)c(F)c1F. The van der Waals surface area contributed by atoms with Crippen molar-refractivity contribution in [3.05, 3.63) is 209 Å². The largest absolute Gasteiger partial charge is 0.342 e. The van der Waals surface area contributed by atoms with Gasteiger partial charge in [-0.1, -0.05) is 158 Å². The summed E-state index contributed by atoms with van der Waals surface area (Å²) in [6, 6.07) is 49.9. The third-order valence-electron chi connectivity index (χ3n) is 9.48. The standard InChI is InChI=1S/C44H30F5N2P/c45-37-34(38(46)40(48)41(49)39(37)47)27-51-43(30-18-7-2-8-19-30)42(29-16-5-1-6-17-29)50-44(51)36-33-24-14-13-15-28(33)25-26-35(36)52(31-20-9-3-10-21-31)32-22-11-4-12-23-32/h1-26,42-43H,27H2/t42-,43-/m0/s1. The van der Waals surface area contributed by atoms with E-state index in [0.29, 0.717) is 5.84 Å². The lowest BCUT2D eigenvalue weighted by Gasteiger charge is -2.33. The minimum absolute atomic E-state index is 0.401. The summed E-state index contributed by atoms with van der Waals surface area (Å²) in [7, 11) is -1.22. The van der Waals surface area contributed by atoms with E-state index in [-0.39, 0.29) is 0 Å². The number of benzene rings is 7. The Balaban J connectivity index is 1.45. The smallest absolute Gasteiger partial charge is 0.200 e. The van der Waals surface area contributed by atoms with Crippen molar-refractivity contribution in [2.45, 2.75) is 18.6 Å². The number of hydrogen-bond donors (Lipinski definition) is 0. The molecule has 7 aromatic rings. The highest BCUT2D eigenvalue weighted by Gasteiger charge is 2.42. The summed E-state index contributed by atoms with van der Waals surface area (Å²) >= 11 is 0. The Morgan fingerprint density at radius 2 is 0.981 bits per heavy atom. The van der Waals surface area contributed by atoms with Gasteiger partial charge in [0.1, 0.15) is 11.9 Å². The average molecular weight is 713 g/mol. The molecule has 2 nitrogen and oxygen atoms in total. The molecule has 0 N–H and O–H groups in total. The molecule has 0 aromatic heterocycles. The van der Waals surface area contributed by atoms with Gasteiger partial charge in [-0.3, -0.25) is 4.99 Å². The van der Waals surface area contributed by atoms with Crippen molar-refractivity contribution in [3.63, 3.8) is 0 Å². The number of nitrogens with zero attached hydrogens (tertiary/aromatic N) is 2. The van der Waals surface area contributed by atoms with Crippen molar-refractivity contribution in [1.82, 2.24) is 4.90 Å². The molecule has 0 unspecified atom stereocenters. The predicted octanol–water partition coefficient (Wildman–Crippen LogP) is 10.0. The Bertz CT molecular complexity index is 2340. The first-order valence-corrected chi connectivity index (χ1v) is 18.1. The van der Waals surface area contributed by atoms with E-state index in [2.05, 4.69) is 36.4 Å². The van der Waals surface area contributed by atoms with Crippen molar-refractivity contribution in [1.29, 1.82) is 0 Å². The van der Waals surface area contributed by atoms with Crippen LogP contribution in [-0.2, 0) is 6.54 Å². The zero-order valence-electron chi connectivity index (χ0n) is 27.6. The van der Waals surface area contributed by atoms with Gasteiger partial charge in [0, 0.05) is 11.1 Å². The highest BCUT2D eigenvalue weighted by atomic mass is 31.1. The van der Waals surface area contributed by atoms with Crippen molar-refractivity contribution in [3.8, 4) is 0 Å². The Morgan fingerprint density at radius 3 is 1.56 bits per heavy atom. The van der Waals surface area contributed by atoms with Gasteiger partial charge in [0.25, 0.3) is 0 Å². The Labute approximate surface area is 299 Å². The van der Waals surface area contributed by atoms with Crippen LogP contribution in [0.4, 0.5) is 22.0 Å². The summed E-state index contributed by atoms with van der Waals surface area (Å²) in [5.41, 5.74) is 1.42. The van der Waals surface area contributed by atoms with Crippen molar-refractivity contribution in [2.24, 2.45) is 4.99 Å². The van der Waals surface area contributed by atoms with Crippen molar-refractivity contribution < 1.29 is 22.0 Å². The highest BCUT2D eigenvalue weighted by molar-refractivity contribution is 7.80. The van der Waals surface area contributed by atoms with Crippen molar-refractivity contribution in [2.75, 3.05) is 0 Å². The molecule has 8 rings (SSSR count). The summed E-state index contributed by atoms with van der Waals surface area (Å²) in [5, 5.41) is 4.85. The predicted molar refractivity (Wildman–Crippen MR) is 199 cm³/mol. The molecule has 1 aliphatic rings. The molecule has 0 fully saturated rings. The summed E-state index contributed by atoms with van der Waals surface area (Å²) in [4.78, 5) is 7.13. The third-order valence-corrected chi connectivity index (χ3v) is 12.0. The second kappa shape index (κ2) is 14.2. The van der Waals surface area contributed by atoms with E-state index in [1.54, 1.807) is 4.90 Å². The van der Waals surface area contributed by atoms with Gasteiger partial charge in [0.05, 0.1) is 12.6 Å². The summed E-state index contributed by atoms with van der Waals surface area (Å²) in [6.45, 7) is -0.634. The van der Waals surface area contributed by atoms with Crippen LogP contribution in [0.15, 0.2) is 163 Å². The van der Waals surface area contributed by atoms with E-state index in [4.69, 9.17) is 4.99 Å². The summed E-state index contributed by atoms with van der Waals surface area (Å²) in [6.07, 6.45) is 0. The van der Waals surface area contributed by atoms with E-state index in [9.17, 15) is 13.2 Å². The maximum atomic E-state index is 15.7. The first-order chi connectivity index (χ1) is 25.4. The van der Waals surface area contributed by atoms with Gasteiger partial charge in [-0.15, -0.1) is 0 Å². The van der Waals surface area contributed by atoms with Crippen LogP contribution in [0, 0.1) is 29.1 Å². The van der Waals surface area contributed by atoms with Crippen LogP contribution < -0.4 is 15.9 Å². The van der Waals surface area contributed by atoms with Crippen LogP contribution >= 0.6 is 7.92 Å². The Kier molecular flexibility index (Phi) is 9.12. The van der Waals surface area contributed by atoms with Crippen molar-refractivity contribution >= 4 is 40.4 Å². The molecule has 0 bridgehead atoms. The molecule has 0 spiro atoms. The van der Waals surface area contributed by atoms with Gasteiger partial charge in [-0.05, 0) is 45.7 Å². The molecule has 0 saturated carbocycles. The quantitative estimate of drug-likeness (QED) is 0.0663. The number of aliphatic imine (C=N–C) groups is 1. The molecule has 1 aliphatic heterocycles. The lowest BCUT2D eigenvalue weighted by atomic mass is 9.93. The average Bonchev–Trinajstić information content (AvgIpc) is 3.58. The molecule has 7 aromatic carbocycles. The molecular formula is C44H30F5N2P. The molecule has 0 aliphatic carbocycles. The van der Waals surface area contributed by atoms with E-state index in [1.165, 1.54) is 0 Å². The van der Waals surface area contributed by atoms with E-state index in [0.717, 1.165) is 43.4 Å². The van der Waals surface area contributed by atoms with E-state index in [1.807, 2.05) is 121 Å². The minimum atomic E-state index is -2.19. The molecular weight excluding hydrogens is 682 g/mol. The monoisotopic (exact) mass is 712 g/mol. The zero-order valence-corrected chi connectivity index (χ0v) is 28.5. The Morgan fingerprint density at radius 1 is 0.500 bits per heavy atom. The number of halogens is 5. The molecule has 2 atom stereocenters. The van der Waals surface area contributed by atoms with Crippen LogP contribution in [0.25, 0.3) is 10.8 Å². The third kappa shape index (κ3) is 5.95. The van der Waals surface area contributed by atoms with Crippen LogP contribution in [0.3, 0.4) is 0 Å². The van der Waals surface area contributed by atoms with Gasteiger partial charge in [-0.25, -0.2) is 22.0 Å². The minimum Gasteiger partial charge on any atom is -0.342 e. The fraction of sp³-hybridized carbons (Fsp3) is 0.0682.